The monoisotopic (exact) mass is 293 g/mol. The van der Waals surface area contributed by atoms with Crippen LogP contribution in [0, 0.1) is 0 Å². The van der Waals surface area contributed by atoms with Crippen LogP contribution in [-0.4, -0.2) is 15.7 Å². The smallest absolute Gasteiger partial charge is 0.128 e. The van der Waals surface area contributed by atoms with E-state index in [1.807, 2.05) is 35.9 Å². The minimum absolute atomic E-state index is 0.221. The van der Waals surface area contributed by atoms with Crippen molar-refractivity contribution < 1.29 is 4.74 Å². The van der Waals surface area contributed by atoms with Gasteiger partial charge in [-0.05, 0) is 25.5 Å². The van der Waals surface area contributed by atoms with Crippen LogP contribution >= 0.6 is 11.6 Å². The molecule has 0 radical (unpaired) electrons. The summed E-state index contributed by atoms with van der Waals surface area (Å²) in [6, 6.07) is 7.95. The number of imidazole rings is 1. The molecule has 0 saturated heterocycles. The molecule has 0 aliphatic rings. The summed E-state index contributed by atoms with van der Waals surface area (Å²) in [5, 5.41) is 3.96. The van der Waals surface area contributed by atoms with Crippen LogP contribution in [0.5, 0.6) is 5.75 Å². The molecule has 1 unspecified atom stereocenters. The molecule has 2 rings (SSSR count). The first kappa shape index (κ1) is 14.7. The standard InChI is InChI=1S/C15H20ClN3O/c1-4-11(2)20-13-7-5-6-12(8-13)17-10-15-18-9-14(16)19(15)3/h5-9,11,17H,4,10H2,1-3H3. The maximum Gasteiger partial charge on any atom is 0.128 e. The van der Waals surface area contributed by atoms with Crippen LogP contribution in [0.15, 0.2) is 30.5 Å². The zero-order valence-electron chi connectivity index (χ0n) is 12.1. The highest BCUT2D eigenvalue weighted by atomic mass is 35.5. The van der Waals surface area contributed by atoms with E-state index < -0.39 is 0 Å². The van der Waals surface area contributed by atoms with Crippen LogP contribution in [0.1, 0.15) is 26.1 Å². The van der Waals surface area contributed by atoms with E-state index in [9.17, 15) is 0 Å². The van der Waals surface area contributed by atoms with E-state index in [4.69, 9.17) is 16.3 Å². The second kappa shape index (κ2) is 6.66. The first-order chi connectivity index (χ1) is 9.60. The Balaban J connectivity index is 1.99. The van der Waals surface area contributed by atoms with Crippen molar-refractivity contribution in [2.75, 3.05) is 5.32 Å². The topological polar surface area (TPSA) is 39.1 Å². The number of anilines is 1. The minimum atomic E-state index is 0.221. The fourth-order valence-corrected chi connectivity index (χ4v) is 1.91. The highest BCUT2D eigenvalue weighted by Crippen LogP contribution is 2.20. The Morgan fingerprint density at radius 3 is 2.90 bits per heavy atom. The summed E-state index contributed by atoms with van der Waals surface area (Å²) >= 11 is 5.96. The van der Waals surface area contributed by atoms with Gasteiger partial charge in [-0.2, -0.15) is 0 Å². The zero-order valence-corrected chi connectivity index (χ0v) is 12.8. The highest BCUT2D eigenvalue weighted by molar-refractivity contribution is 6.29. The first-order valence-corrected chi connectivity index (χ1v) is 7.14. The summed E-state index contributed by atoms with van der Waals surface area (Å²) in [5.74, 6) is 1.77. The van der Waals surface area contributed by atoms with Crippen LogP contribution in [0.2, 0.25) is 5.15 Å². The van der Waals surface area contributed by atoms with Crippen molar-refractivity contribution in [2.24, 2.45) is 7.05 Å². The van der Waals surface area contributed by atoms with Gasteiger partial charge >= 0.3 is 0 Å². The van der Waals surface area contributed by atoms with Crippen LogP contribution in [-0.2, 0) is 13.6 Å². The van der Waals surface area contributed by atoms with Gasteiger partial charge in [0.15, 0.2) is 0 Å². The number of hydrogen-bond donors (Lipinski definition) is 1. The van der Waals surface area contributed by atoms with Crippen LogP contribution in [0.25, 0.3) is 0 Å². The number of rotatable bonds is 6. The summed E-state index contributed by atoms with van der Waals surface area (Å²) in [4.78, 5) is 4.25. The summed E-state index contributed by atoms with van der Waals surface area (Å²) in [7, 11) is 1.90. The Morgan fingerprint density at radius 2 is 2.25 bits per heavy atom. The summed E-state index contributed by atoms with van der Waals surface area (Å²) in [5.41, 5.74) is 1.00. The molecule has 0 amide bonds. The average Bonchev–Trinajstić information content (AvgIpc) is 2.77. The van der Waals surface area contributed by atoms with Gasteiger partial charge in [0.25, 0.3) is 0 Å². The number of nitrogens with one attached hydrogen (secondary N) is 1. The van der Waals surface area contributed by atoms with Crippen LogP contribution < -0.4 is 10.1 Å². The number of nitrogens with zero attached hydrogens (tertiary/aromatic N) is 2. The van der Waals surface area contributed by atoms with Gasteiger partial charge < -0.3 is 14.6 Å². The maximum absolute atomic E-state index is 5.96. The highest BCUT2D eigenvalue weighted by Gasteiger charge is 2.05. The third-order valence-electron chi connectivity index (χ3n) is 3.22. The van der Waals surface area contributed by atoms with Gasteiger partial charge in [-0.1, -0.05) is 24.6 Å². The van der Waals surface area contributed by atoms with E-state index in [-0.39, 0.29) is 6.10 Å². The largest absolute Gasteiger partial charge is 0.491 e. The zero-order chi connectivity index (χ0) is 14.5. The van der Waals surface area contributed by atoms with Crippen molar-refractivity contribution in [1.29, 1.82) is 0 Å². The molecule has 1 N–H and O–H groups in total. The van der Waals surface area contributed by atoms with E-state index in [0.717, 1.165) is 23.7 Å². The predicted octanol–water partition coefficient (Wildman–Crippen LogP) is 3.86. The van der Waals surface area contributed by atoms with Crippen molar-refractivity contribution in [3.05, 3.63) is 41.4 Å². The molecule has 0 aliphatic carbocycles. The summed E-state index contributed by atoms with van der Waals surface area (Å²) in [6.07, 6.45) is 2.86. The molecule has 1 aromatic carbocycles. The molecule has 0 saturated carbocycles. The van der Waals surface area contributed by atoms with Crippen molar-refractivity contribution in [3.63, 3.8) is 0 Å². The molecular formula is C15H20ClN3O. The third-order valence-corrected chi connectivity index (χ3v) is 3.58. The Bertz CT molecular complexity index is 568. The van der Waals surface area contributed by atoms with E-state index in [1.165, 1.54) is 0 Å². The quantitative estimate of drug-likeness (QED) is 0.879. The number of benzene rings is 1. The lowest BCUT2D eigenvalue weighted by Crippen LogP contribution is -2.10. The van der Waals surface area contributed by atoms with E-state index in [0.29, 0.717) is 11.7 Å². The molecule has 0 fully saturated rings. The molecule has 5 heteroatoms. The minimum Gasteiger partial charge on any atom is -0.491 e. The average molecular weight is 294 g/mol. The Kier molecular flexibility index (Phi) is 4.90. The molecule has 108 valence electrons. The van der Waals surface area contributed by atoms with Gasteiger partial charge in [0.05, 0.1) is 18.8 Å². The van der Waals surface area contributed by atoms with Gasteiger partial charge in [-0.15, -0.1) is 0 Å². The lowest BCUT2D eigenvalue weighted by atomic mass is 10.2. The number of halogens is 1. The molecule has 1 atom stereocenters. The first-order valence-electron chi connectivity index (χ1n) is 6.76. The molecule has 2 aromatic rings. The fourth-order valence-electron chi connectivity index (χ4n) is 1.76. The molecule has 0 spiro atoms. The lowest BCUT2D eigenvalue weighted by molar-refractivity contribution is 0.217. The number of ether oxygens (including phenoxy) is 1. The predicted molar refractivity (Wildman–Crippen MR) is 82.4 cm³/mol. The van der Waals surface area contributed by atoms with E-state index in [2.05, 4.69) is 24.1 Å². The number of aromatic nitrogens is 2. The van der Waals surface area contributed by atoms with Crippen molar-refractivity contribution in [2.45, 2.75) is 32.9 Å². The lowest BCUT2D eigenvalue weighted by Gasteiger charge is -2.14. The van der Waals surface area contributed by atoms with Crippen LogP contribution in [0.3, 0.4) is 0 Å². The Morgan fingerprint density at radius 1 is 1.45 bits per heavy atom. The molecular weight excluding hydrogens is 274 g/mol. The van der Waals surface area contributed by atoms with Gasteiger partial charge in [-0.3, -0.25) is 0 Å². The second-order valence-electron chi connectivity index (χ2n) is 4.77. The van der Waals surface area contributed by atoms with Crippen molar-refractivity contribution in [1.82, 2.24) is 9.55 Å². The SMILES string of the molecule is CCC(C)Oc1cccc(NCc2ncc(Cl)n2C)c1. The van der Waals surface area contributed by atoms with Gasteiger partial charge in [0, 0.05) is 18.8 Å². The molecule has 0 aliphatic heterocycles. The van der Waals surface area contributed by atoms with Crippen LogP contribution in [0.4, 0.5) is 5.69 Å². The van der Waals surface area contributed by atoms with Gasteiger partial charge in [0.1, 0.15) is 16.7 Å². The van der Waals surface area contributed by atoms with Gasteiger partial charge in [0.2, 0.25) is 0 Å². The van der Waals surface area contributed by atoms with Gasteiger partial charge in [-0.25, -0.2) is 4.98 Å². The normalized spacial score (nSPS) is 12.2. The number of hydrogen-bond acceptors (Lipinski definition) is 3. The summed E-state index contributed by atoms with van der Waals surface area (Å²) in [6.45, 7) is 4.80. The molecule has 20 heavy (non-hydrogen) atoms. The van der Waals surface area contributed by atoms with E-state index in [1.54, 1.807) is 6.20 Å². The molecule has 4 nitrogen and oxygen atoms in total. The fraction of sp³-hybridized carbons (Fsp3) is 0.400. The Hall–Kier alpha value is -1.68. The molecule has 1 heterocycles. The van der Waals surface area contributed by atoms with E-state index >= 15 is 0 Å². The van der Waals surface area contributed by atoms with Crippen molar-refractivity contribution >= 4 is 17.3 Å². The maximum atomic E-state index is 5.96. The third kappa shape index (κ3) is 3.67. The summed E-state index contributed by atoms with van der Waals surface area (Å²) < 4.78 is 7.66. The second-order valence-corrected chi connectivity index (χ2v) is 5.16. The molecule has 1 aromatic heterocycles. The Labute approximate surface area is 124 Å². The van der Waals surface area contributed by atoms with Crippen molar-refractivity contribution in [3.8, 4) is 5.75 Å². The molecule has 0 bridgehead atoms.